The predicted molar refractivity (Wildman–Crippen MR) is 102 cm³/mol. The first kappa shape index (κ1) is 18.0. The number of halogens is 1. The average Bonchev–Trinajstić information content (AvgIpc) is 3.02. The van der Waals surface area contributed by atoms with E-state index in [2.05, 4.69) is 5.32 Å². The number of hydrogen-bond donors (Lipinski definition) is 2. The monoisotopic (exact) mass is 384 g/mol. The van der Waals surface area contributed by atoms with Crippen LogP contribution >= 0.6 is 11.6 Å². The number of hydroxylamine groups is 2. The first-order valence-corrected chi connectivity index (χ1v) is 9.51. The minimum Gasteiger partial charge on any atom is -0.356 e. The molecule has 1 fully saturated rings. The van der Waals surface area contributed by atoms with Crippen molar-refractivity contribution in [3.8, 4) is 0 Å². The van der Waals surface area contributed by atoms with Crippen LogP contribution in [0.4, 0.5) is 0 Å². The topological polar surface area (TPSA) is 69.6 Å². The second-order valence-corrected chi connectivity index (χ2v) is 7.81. The third-order valence-electron chi connectivity index (χ3n) is 5.74. The van der Waals surface area contributed by atoms with Crippen molar-refractivity contribution >= 4 is 23.4 Å². The van der Waals surface area contributed by atoms with Crippen LogP contribution in [0.2, 0.25) is 5.02 Å². The SMILES string of the molecule is O=C(c1ccc2c(c1)C[C@@]1(CCNC1=O)CC2)N(O)Cc1ccccc1Cl. The third-order valence-corrected chi connectivity index (χ3v) is 6.11. The van der Waals surface area contributed by atoms with Crippen LogP contribution < -0.4 is 5.32 Å². The van der Waals surface area contributed by atoms with E-state index in [1.54, 1.807) is 24.3 Å². The summed E-state index contributed by atoms with van der Waals surface area (Å²) in [5, 5.41) is 14.4. The van der Waals surface area contributed by atoms with Gasteiger partial charge in [0.1, 0.15) is 0 Å². The van der Waals surface area contributed by atoms with Crippen LogP contribution in [-0.4, -0.2) is 28.6 Å². The minimum absolute atomic E-state index is 0.0158. The first-order chi connectivity index (χ1) is 13.0. The molecule has 1 aliphatic carbocycles. The molecule has 0 aromatic heterocycles. The molecule has 27 heavy (non-hydrogen) atoms. The number of aryl methyl sites for hydroxylation is 1. The van der Waals surface area contributed by atoms with Crippen LogP contribution in [0.1, 0.15) is 39.9 Å². The Morgan fingerprint density at radius 1 is 1.19 bits per heavy atom. The van der Waals surface area contributed by atoms with Crippen molar-refractivity contribution in [2.45, 2.75) is 32.2 Å². The van der Waals surface area contributed by atoms with Crippen molar-refractivity contribution < 1.29 is 14.8 Å². The molecule has 1 aliphatic heterocycles. The number of nitrogens with zero attached hydrogens (tertiary/aromatic N) is 1. The smallest absolute Gasteiger partial charge is 0.277 e. The van der Waals surface area contributed by atoms with Gasteiger partial charge in [-0.3, -0.25) is 14.8 Å². The van der Waals surface area contributed by atoms with Crippen LogP contribution in [0.25, 0.3) is 0 Å². The van der Waals surface area contributed by atoms with Gasteiger partial charge in [0.2, 0.25) is 5.91 Å². The van der Waals surface area contributed by atoms with Crippen LogP contribution in [0, 0.1) is 5.41 Å². The van der Waals surface area contributed by atoms with Gasteiger partial charge in [-0.15, -0.1) is 0 Å². The fourth-order valence-electron chi connectivity index (χ4n) is 4.13. The fraction of sp³-hybridized carbons (Fsp3) is 0.333. The Kier molecular flexibility index (Phi) is 4.66. The molecule has 1 heterocycles. The lowest BCUT2D eigenvalue weighted by Crippen LogP contribution is -2.36. The number of fused-ring (bicyclic) bond motifs is 1. The Hall–Kier alpha value is -2.37. The third kappa shape index (κ3) is 3.33. The van der Waals surface area contributed by atoms with Crippen molar-refractivity contribution in [1.82, 2.24) is 10.4 Å². The summed E-state index contributed by atoms with van der Waals surface area (Å²) in [6.07, 6.45) is 3.16. The maximum absolute atomic E-state index is 12.7. The number of rotatable bonds is 3. The molecule has 1 atom stereocenters. The molecule has 2 amide bonds. The predicted octanol–water partition coefficient (Wildman–Crippen LogP) is 3.37. The van der Waals surface area contributed by atoms with Gasteiger partial charge in [0.05, 0.1) is 12.0 Å². The Morgan fingerprint density at radius 3 is 2.74 bits per heavy atom. The average molecular weight is 385 g/mol. The normalized spacial score (nSPS) is 21.0. The van der Waals surface area contributed by atoms with Gasteiger partial charge in [-0.25, -0.2) is 5.06 Å². The molecule has 4 rings (SSSR count). The van der Waals surface area contributed by atoms with Crippen LogP contribution in [0.15, 0.2) is 42.5 Å². The van der Waals surface area contributed by atoms with Gasteiger partial charge >= 0.3 is 0 Å². The number of benzene rings is 2. The van der Waals surface area contributed by atoms with Crippen molar-refractivity contribution in [2.24, 2.45) is 5.41 Å². The van der Waals surface area contributed by atoms with E-state index in [9.17, 15) is 14.8 Å². The molecule has 0 unspecified atom stereocenters. The van der Waals surface area contributed by atoms with E-state index in [1.165, 1.54) is 5.56 Å². The Bertz CT molecular complexity index is 914. The molecule has 1 saturated heterocycles. The molecule has 6 heteroatoms. The molecule has 2 N–H and O–H groups in total. The Labute approximate surface area is 162 Å². The molecular weight excluding hydrogens is 364 g/mol. The van der Waals surface area contributed by atoms with E-state index in [4.69, 9.17) is 11.6 Å². The van der Waals surface area contributed by atoms with Gasteiger partial charge in [-0.1, -0.05) is 35.9 Å². The standard InChI is InChI=1S/C21H21ClN2O3/c22-18-4-2-1-3-16(18)13-24(27)19(25)15-6-5-14-7-8-21(12-17(14)11-15)9-10-23-20(21)26/h1-6,11,27H,7-10,12-13H2,(H,23,26)/t21-/m0/s1. The van der Waals surface area contributed by atoms with Crippen molar-refractivity contribution in [1.29, 1.82) is 0 Å². The largest absolute Gasteiger partial charge is 0.356 e. The van der Waals surface area contributed by atoms with Crippen LogP contribution in [0.3, 0.4) is 0 Å². The van der Waals surface area contributed by atoms with Gasteiger partial charge in [0, 0.05) is 17.1 Å². The lowest BCUT2D eigenvalue weighted by Gasteiger charge is -2.32. The van der Waals surface area contributed by atoms with Gasteiger partial charge in [0.25, 0.3) is 5.91 Å². The summed E-state index contributed by atoms with van der Waals surface area (Å²) in [7, 11) is 0. The minimum atomic E-state index is -0.479. The van der Waals surface area contributed by atoms with Gasteiger partial charge in [-0.2, -0.15) is 0 Å². The lowest BCUT2D eigenvalue weighted by atomic mass is 9.70. The summed E-state index contributed by atoms with van der Waals surface area (Å²) in [5.41, 5.74) is 2.95. The number of nitrogens with one attached hydrogen (secondary N) is 1. The zero-order valence-electron chi connectivity index (χ0n) is 14.9. The Balaban J connectivity index is 1.55. The fourth-order valence-corrected chi connectivity index (χ4v) is 4.32. The lowest BCUT2D eigenvalue weighted by molar-refractivity contribution is -0.128. The molecule has 1 spiro atoms. The highest BCUT2D eigenvalue weighted by molar-refractivity contribution is 6.31. The molecule has 0 saturated carbocycles. The summed E-state index contributed by atoms with van der Waals surface area (Å²) in [6, 6.07) is 12.6. The number of hydrogen-bond acceptors (Lipinski definition) is 3. The Morgan fingerprint density at radius 2 is 2.00 bits per heavy atom. The second-order valence-electron chi connectivity index (χ2n) is 7.40. The van der Waals surface area contributed by atoms with Gasteiger partial charge < -0.3 is 5.32 Å². The highest BCUT2D eigenvalue weighted by atomic mass is 35.5. The zero-order chi connectivity index (χ0) is 19.0. The van der Waals surface area contributed by atoms with E-state index >= 15 is 0 Å². The van der Waals surface area contributed by atoms with Crippen LogP contribution in [0.5, 0.6) is 0 Å². The van der Waals surface area contributed by atoms with E-state index in [-0.39, 0.29) is 17.9 Å². The molecule has 2 aliphatic rings. The maximum Gasteiger partial charge on any atom is 0.277 e. The van der Waals surface area contributed by atoms with Crippen molar-refractivity contribution in [3.63, 3.8) is 0 Å². The summed E-state index contributed by atoms with van der Waals surface area (Å²) in [5.74, 6) is -0.361. The highest BCUT2D eigenvalue weighted by Crippen LogP contribution is 2.41. The number of amides is 2. The molecule has 2 aromatic rings. The van der Waals surface area contributed by atoms with Crippen molar-refractivity contribution in [3.05, 3.63) is 69.7 Å². The number of carbonyl (C=O) groups excluding carboxylic acids is 2. The zero-order valence-corrected chi connectivity index (χ0v) is 15.6. The molecule has 2 aromatic carbocycles. The number of carbonyl (C=O) groups is 2. The molecule has 140 valence electrons. The summed E-state index contributed by atoms with van der Waals surface area (Å²) in [6.45, 7) is 0.733. The van der Waals surface area contributed by atoms with Gasteiger partial charge in [-0.05, 0) is 60.6 Å². The first-order valence-electron chi connectivity index (χ1n) is 9.13. The quantitative estimate of drug-likeness (QED) is 0.629. The van der Waals surface area contributed by atoms with E-state index in [0.717, 1.165) is 31.4 Å². The van der Waals surface area contributed by atoms with Crippen LogP contribution in [-0.2, 0) is 24.2 Å². The summed E-state index contributed by atoms with van der Waals surface area (Å²) >= 11 is 6.11. The second kappa shape index (κ2) is 6.98. The summed E-state index contributed by atoms with van der Waals surface area (Å²) in [4.78, 5) is 25.0. The van der Waals surface area contributed by atoms with Gasteiger partial charge in [0.15, 0.2) is 0 Å². The molecule has 0 bridgehead atoms. The maximum atomic E-state index is 12.7. The van der Waals surface area contributed by atoms with E-state index < -0.39 is 5.91 Å². The molecular formula is C21H21ClN2O3. The van der Waals surface area contributed by atoms with E-state index in [1.807, 2.05) is 18.2 Å². The summed E-state index contributed by atoms with van der Waals surface area (Å²) < 4.78 is 0. The van der Waals surface area contributed by atoms with Crippen molar-refractivity contribution in [2.75, 3.05) is 6.54 Å². The molecule has 5 nitrogen and oxygen atoms in total. The molecule has 0 radical (unpaired) electrons. The highest BCUT2D eigenvalue weighted by Gasteiger charge is 2.44. The van der Waals surface area contributed by atoms with E-state index in [0.29, 0.717) is 27.6 Å².